The largest absolute Gasteiger partial charge is 0.351 e. The van der Waals surface area contributed by atoms with Gasteiger partial charge >= 0.3 is 0 Å². The number of carbonyl (C=O) groups is 1. The van der Waals surface area contributed by atoms with Gasteiger partial charge in [0, 0.05) is 12.6 Å². The fourth-order valence-electron chi connectivity index (χ4n) is 1.11. The average Bonchev–Trinajstić information content (AvgIpc) is 2.13. The van der Waals surface area contributed by atoms with Crippen molar-refractivity contribution in [1.29, 1.82) is 0 Å². The summed E-state index contributed by atoms with van der Waals surface area (Å²) in [4.78, 5) is 11.5. The molecule has 0 fully saturated rings. The number of benzene rings is 1. The molecular weight excluding hydrogens is 212 g/mol. The van der Waals surface area contributed by atoms with Crippen molar-refractivity contribution >= 4 is 5.91 Å². The number of halogens is 2. The summed E-state index contributed by atoms with van der Waals surface area (Å²) in [6.45, 7) is 6.29. The maximum Gasteiger partial charge on any atom is 0.254 e. The van der Waals surface area contributed by atoms with Crippen LogP contribution < -0.4 is 5.32 Å². The van der Waals surface area contributed by atoms with Crippen molar-refractivity contribution in [2.45, 2.75) is 20.8 Å². The number of hydrogen-bond donors (Lipinski definition) is 1. The van der Waals surface area contributed by atoms with Crippen molar-refractivity contribution in [3.63, 3.8) is 0 Å². The first-order valence-electron chi connectivity index (χ1n) is 5.03. The van der Waals surface area contributed by atoms with Crippen LogP contribution in [0.2, 0.25) is 0 Å². The quantitative estimate of drug-likeness (QED) is 0.827. The molecule has 0 saturated heterocycles. The summed E-state index contributed by atoms with van der Waals surface area (Å²) >= 11 is 0. The Balaban J connectivity index is 2.74. The lowest BCUT2D eigenvalue weighted by Gasteiger charge is -2.18. The lowest BCUT2D eigenvalue weighted by molar-refractivity contribution is 0.0935. The second-order valence-electron chi connectivity index (χ2n) is 4.87. The summed E-state index contributed by atoms with van der Waals surface area (Å²) in [7, 11) is 0. The molecule has 88 valence electrons. The lowest BCUT2D eigenvalue weighted by atomic mass is 9.97. The fourth-order valence-corrected chi connectivity index (χ4v) is 1.11. The zero-order valence-electron chi connectivity index (χ0n) is 9.60. The van der Waals surface area contributed by atoms with Crippen molar-refractivity contribution in [3.05, 3.63) is 35.4 Å². The van der Waals surface area contributed by atoms with Crippen LogP contribution in [0.3, 0.4) is 0 Å². The molecule has 0 aliphatic carbocycles. The van der Waals surface area contributed by atoms with Crippen LogP contribution >= 0.6 is 0 Å². The fraction of sp³-hybridized carbons (Fsp3) is 0.417. The number of carbonyl (C=O) groups excluding carboxylic acids is 1. The van der Waals surface area contributed by atoms with E-state index in [1.807, 2.05) is 20.8 Å². The molecule has 1 N–H and O–H groups in total. The summed E-state index contributed by atoms with van der Waals surface area (Å²) in [6, 6.07) is 2.91. The minimum absolute atomic E-state index is 0.0772. The first-order chi connectivity index (χ1) is 7.29. The van der Waals surface area contributed by atoms with E-state index in [9.17, 15) is 13.6 Å². The van der Waals surface area contributed by atoms with Crippen LogP contribution in [0.5, 0.6) is 0 Å². The van der Waals surface area contributed by atoms with Gasteiger partial charge in [0.05, 0.1) is 5.56 Å². The van der Waals surface area contributed by atoms with Crippen LogP contribution in [0.4, 0.5) is 8.78 Å². The van der Waals surface area contributed by atoms with Gasteiger partial charge in [-0.1, -0.05) is 20.8 Å². The third-order valence-electron chi connectivity index (χ3n) is 1.96. The average molecular weight is 227 g/mol. The first-order valence-corrected chi connectivity index (χ1v) is 5.03. The second kappa shape index (κ2) is 4.60. The SMILES string of the molecule is CC(C)(C)CNC(=O)c1ccc(F)cc1F. The number of nitrogens with one attached hydrogen (secondary N) is 1. The van der Waals surface area contributed by atoms with Gasteiger partial charge in [-0.25, -0.2) is 8.78 Å². The Hall–Kier alpha value is -1.45. The van der Waals surface area contributed by atoms with Crippen molar-refractivity contribution in [3.8, 4) is 0 Å². The Morgan fingerprint density at radius 2 is 1.94 bits per heavy atom. The van der Waals surface area contributed by atoms with E-state index in [1.54, 1.807) is 0 Å². The van der Waals surface area contributed by atoms with Gasteiger partial charge in [0.15, 0.2) is 0 Å². The molecule has 1 aromatic rings. The maximum atomic E-state index is 13.2. The Labute approximate surface area is 93.7 Å². The highest BCUT2D eigenvalue weighted by atomic mass is 19.1. The molecule has 1 amide bonds. The van der Waals surface area contributed by atoms with Crippen molar-refractivity contribution in [1.82, 2.24) is 5.32 Å². The lowest BCUT2D eigenvalue weighted by Crippen LogP contribution is -2.32. The highest BCUT2D eigenvalue weighted by Crippen LogP contribution is 2.12. The third kappa shape index (κ3) is 3.61. The van der Waals surface area contributed by atoms with Crippen LogP contribution in [-0.4, -0.2) is 12.5 Å². The number of amides is 1. The summed E-state index contributed by atoms with van der Waals surface area (Å²) in [5.41, 5.74) is -0.211. The van der Waals surface area contributed by atoms with E-state index < -0.39 is 17.5 Å². The Morgan fingerprint density at radius 3 is 2.44 bits per heavy atom. The number of rotatable bonds is 2. The van der Waals surface area contributed by atoms with Crippen LogP contribution in [0.15, 0.2) is 18.2 Å². The van der Waals surface area contributed by atoms with Gasteiger partial charge in [-0.05, 0) is 17.5 Å². The summed E-state index contributed by atoms with van der Waals surface area (Å²) in [6.07, 6.45) is 0. The van der Waals surface area contributed by atoms with Crippen LogP contribution in [0.25, 0.3) is 0 Å². The predicted octanol–water partition coefficient (Wildman–Crippen LogP) is 2.74. The van der Waals surface area contributed by atoms with Gasteiger partial charge in [-0.2, -0.15) is 0 Å². The predicted molar refractivity (Wildman–Crippen MR) is 58.1 cm³/mol. The van der Waals surface area contributed by atoms with Crippen LogP contribution in [0.1, 0.15) is 31.1 Å². The molecular formula is C12H15F2NO. The van der Waals surface area contributed by atoms with Crippen LogP contribution in [-0.2, 0) is 0 Å². The first kappa shape index (κ1) is 12.6. The van der Waals surface area contributed by atoms with E-state index in [2.05, 4.69) is 5.32 Å². The summed E-state index contributed by atoms with van der Waals surface area (Å²) in [5, 5.41) is 2.60. The highest BCUT2D eigenvalue weighted by Gasteiger charge is 2.15. The summed E-state index contributed by atoms with van der Waals surface area (Å²) in [5.74, 6) is -2.05. The highest BCUT2D eigenvalue weighted by molar-refractivity contribution is 5.94. The van der Waals surface area contributed by atoms with E-state index >= 15 is 0 Å². The smallest absolute Gasteiger partial charge is 0.254 e. The number of hydrogen-bond acceptors (Lipinski definition) is 1. The van der Waals surface area contributed by atoms with E-state index in [-0.39, 0.29) is 11.0 Å². The standard InChI is InChI=1S/C12H15F2NO/c1-12(2,3)7-15-11(16)9-5-4-8(13)6-10(9)14/h4-6H,7H2,1-3H3,(H,15,16). The molecule has 0 spiro atoms. The molecule has 0 bridgehead atoms. The molecule has 0 atom stereocenters. The topological polar surface area (TPSA) is 29.1 Å². The van der Waals surface area contributed by atoms with E-state index in [0.717, 1.165) is 12.1 Å². The zero-order valence-corrected chi connectivity index (χ0v) is 9.60. The Morgan fingerprint density at radius 1 is 1.31 bits per heavy atom. The Kier molecular flexibility index (Phi) is 3.62. The van der Waals surface area contributed by atoms with E-state index in [4.69, 9.17) is 0 Å². The monoisotopic (exact) mass is 227 g/mol. The van der Waals surface area contributed by atoms with Crippen molar-refractivity contribution < 1.29 is 13.6 Å². The third-order valence-corrected chi connectivity index (χ3v) is 1.96. The van der Waals surface area contributed by atoms with Crippen LogP contribution in [0, 0.1) is 17.0 Å². The molecule has 0 radical (unpaired) electrons. The minimum Gasteiger partial charge on any atom is -0.351 e. The van der Waals surface area contributed by atoms with E-state index in [1.165, 1.54) is 0 Å². The normalized spacial score (nSPS) is 11.3. The second-order valence-corrected chi connectivity index (χ2v) is 4.87. The molecule has 1 aromatic carbocycles. The summed E-state index contributed by atoms with van der Waals surface area (Å²) < 4.78 is 25.8. The van der Waals surface area contributed by atoms with Crippen molar-refractivity contribution in [2.24, 2.45) is 5.41 Å². The molecule has 0 aliphatic heterocycles. The maximum absolute atomic E-state index is 13.2. The molecule has 1 rings (SSSR count). The van der Waals surface area contributed by atoms with Gasteiger partial charge < -0.3 is 5.32 Å². The molecule has 2 nitrogen and oxygen atoms in total. The molecule has 0 unspecified atom stereocenters. The molecule has 4 heteroatoms. The molecule has 0 saturated carbocycles. The molecule has 0 aliphatic rings. The van der Waals surface area contributed by atoms with Gasteiger partial charge in [-0.15, -0.1) is 0 Å². The van der Waals surface area contributed by atoms with E-state index in [0.29, 0.717) is 12.6 Å². The minimum atomic E-state index is -0.841. The van der Waals surface area contributed by atoms with Crippen molar-refractivity contribution in [2.75, 3.05) is 6.54 Å². The van der Waals surface area contributed by atoms with Gasteiger partial charge in [0.1, 0.15) is 11.6 Å². The van der Waals surface area contributed by atoms with Gasteiger partial charge in [0.25, 0.3) is 5.91 Å². The zero-order chi connectivity index (χ0) is 12.3. The molecule has 0 heterocycles. The Bertz CT molecular complexity index is 396. The molecule has 16 heavy (non-hydrogen) atoms. The molecule has 0 aromatic heterocycles. The van der Waals surface area contributed by atoms with Gasteiger partial charge in [-0.3, -0.25) is 4.79 Å². The van der Waals surface area contributed by atoms with Gasteiger partial charge in [0.2, 0.25) is 0 Å².